The molecule has 0 saturated heterocycles. The van der Waals surface area contributed by atoms with Crippen molar-refractivity contribution in [1.29, 1.82) is 0 Å². The zero-order chi connectivity index (χ0) is 14.8. The maximum Gasteiger partial charge on any atom is 0.166 e. The summed E-state index contributed by atoms with van der Waals surface area (Å²) in [7, 11) is 0. The van der Waals surface area contributed by atoms with Gasteiger partial charge >= 0.3 is 0 Å². The van der Waals surface area contributed by atoms with Gasteiger partial charge in [-0.25, -0.2) is 0 Å². The predicted molar refractivity (Wildman–Crippen MR) is 93.5 cm³/mol. The molecule has 0 radical (unpaired) electrons. The van der Waals surface area contributed by atoms with Crippen LogP contribution in [0.2, 0.25) is 0 Å². The maximum atomic E-state index is 5.28. The van der Waals surface area contributed by atoms with E-state index in [2.05, 4.69) is 59.2 Å². The lowest BCUT2D eigenvalue weighted by Gasteiger charge is -2.10. The van der Waals surface area contributed by atoms with Crippen LogP contribution in [0, 0.1) is 0 Å². The molecule has 0 spiro atoms. The fourth-order valence-electron chi connectivity index (χ4n) is 2.17. The molecule has 2 N–H and O–H groups in total. The Hall–Kier alpha value is -1.87. The van der Waals surface area contributed by atoms with Crippen LogP contribution in [0.3, 0.4) is 0 Å². The number of hydrogen-bond acceptors (Lipinski definition) is 1. The van der Waals surface area contributed by atoms with Gasteiger partial charge in [0.05, 0.1) is 0 Å². The van der Waals surface area contributed by atoms with Crippen LogP contribution in [0.25, 0.3) is 0 Å². The van der Waals surface area contributed by atoms with Crippen LogP contribution in [-0.2, 0) is 12.8 Å². The minimum atomic E-state index is 0.749. The molecular formula is C18H22N2S. The average Bonchev–Trinajstić information content (AvgIpc) is 2.54. The van der Waals surface area contributed by atoms with Crippen LogP contribution in [0.1, 0.15) is 17.5 Å². The molecule has 21 heavy (non-hydrogen) atoms. The number of thiocarbonyl (C=S) groups is 1. The van der Waals surface area contributed by atoms with E-state index in [-0.39, 0.29) is 0 Å². The molecule has 0 aliphatic heterocycles. The Bertz CT molecular complexity index is 525. The molecular weight excluding hydrogens is 276 g/mol. The quantitative estimate of drug-likeness (QED) is 0.606. The van der Waals surface area contributed by atoms with E-state index in [1.807, 2.05) is 12.1 Å². The Labute approximate surface area is 132 Å². The van der Waals surface area contributed by atoms with E-state index in [9.17, 15) is 0 Å². The first-order chi connectivity index (χ1) is 10.3. The van der Waals surface area contributed by atoms with Crippen LogP contribution in [0.5, 0.6) is 0 Å². The summed E-state index contributed by atoms with van der Waals surface area (Å²) in [6.07, 6.45) is 3.16. The third kappa shape index (κ3) is 6.41. The van der Waals surface area contributed by atoms with Gasteiger partial charge in [-0.1, -0.05) is 60.7 Å². The molecule has 0 fully saturated rings. The molecule has 2 aromatic rings. The van der Waals surface area contributed by atoms with Gasteiger partial charge in [0, 0.05) is 13.1 Å². The molecule has 0 amide bonds. The lowest BCUT2D eigenvalue weighted by Crippen LogP contribution is -2.36. The third-order valence-electron chi connectivity index (χ3n) is 3.31. The molecule has 0 aliphatic carbocycles. The van der Waals surface area contributed by atoms with Crippen LogP contribution < -0.4 is 10.6 Å². The summed E-state index contributed by atoms with van der Waals surface area (Å²) < 4.78 is 0. The number of benzene rings is 2. The van der Waals surface area contributed by atoms with Crippen molar-refractivity contribution in [3.8, 4) is 0 Å². The van der Waals surface area contributed by atoms with Crippen molar-refractivity contribution in [3.05, 3.63) is 71.8 Å². The van der Waals surface area contributed by atoms with E-state index in [0.717, 1.165) is 37.5 Å². The standard InChI is InChI=1S/C18H22N2S/c21-18(20-15-13-17-10-5-2-6-11-17)19-14-7-12-16-8-3-1-4-9-16/h1-6,8-11H,7,12-15H2,(H2,19,20,21). The molecule has 0 aliphatic rings. The Morgan fingerprint density at radius 1 is 0.714 bits per heavy atom. The van der Waals surface area contributed by atoms with E-state index < -0.39 is 0 Å². The van der Waals surface area contributed by atoms with Crippen molar-refractivity contribution in [2.75, 3.05) is 13.1 Å². The fraction of sp³-hybridized carbons (Fsp3) is 0.278. The highest BCUT2D eigenvalue weighted by molar-refractivity contribution is 7.80. The van der Waals surface area contributed by atoms with Gasteiger partial charge in [0.15, 0.2) is 5.11 Å². The van der Waals surface area contributed by atoms with Gasteiger partial charge < -0.3 is 10.6 Å². The summed E-state index contributed by atoms with van der Waals surface area (Å²) in [4.78, 5) is 0. The van der Waals surface area contributed by atoms with Gasteiger partial charge in [0.2, 0.25) is 0 Å². The first-order valence-corrected chi connectivity index (χ1v) is 7.85. The molecule has 2 rings (SSSR count). The number of aryl methyl sites for hydroxylation is 1. The lowest BCUT2D eigenvalue weighted by molar-refractivity contribution is 0.751. The van der Waals surface area contributed by atoms with Crippen LogP contribution >= 0.6 is 12.2 Å². The summed E-state index contributed by atoms with van der Waals surface area (Å²) in [5, 5.41) is 7.26. The minimum Gasteiger partial charge on any atom is -0.363 e. The van der Waals surface area contributed by atoms with Gasteiger partial charge in [-0.15, -0.1) is 0 Å². The molecule has 0 aromatic heterocycles. The van der Waals surface area contributed by atoms with Crippen molar-refractivity contribution in [2.45, 2.75) is 19.3 Å². The first kappa shape index (κ1) is 15.5. The van der Waals surface area contributed by atoms with Crippen LogP contribution in [-0.4, -0.2) is 18.2 Å². The minimum absolute atomic E-state index is 0.749. The second-order valence-corrected chi connectivity index (χ2v) is 5.42. The molecule has 0 saturated carbocycles. The van der Waals surface area contributed by atoms with Crippen molar-refractivity contribution in [2.24, 2.45) is 0 Å². The van der Waals surface area contributed by atoms with Crippen molar-refractivity contribution < 1.29 is 0 Å². The zero-order valence-corrected chi connectivity index (χ0v) is 13.0. The molecule has 2 nitrogen and oxygen atoms in total. The zero-order valence-electron chi connectivity index (χ0n) is 12.2. The van der Waals surface area contributed by atoms with E-state index >= 15 is 0 Å². The van der Waals surface area contributed by atoms with Gasteiger partial charge in [-0.3, -0.25) is 0 Å². The second-order valence-electron chi connectivity index (χ2n) is 5.01. The Morgan fingerprint density at radius 3 is 1.86 bits per heavy atom. The van der Waals surface area contributed by atoms with Gasteiger partial charge in [-0.2, -0.15) is 0 Å². The number of nitrogens with one attached hydrogen (secondary N) is 2. The predicted octanol–water partition coefficient (Wildman–Crippen LogP) is 3.33. The topological polar surface area (TPSA) is 24.1 Å². The molecule has 110 valence electrons. The van der Waals surface area contributed by atoms with Crippen LogP contribution in [0.4, 0.5) is 0 Å². The summed E-state index contributed by atoms with van der Waals surface area (Å²) >= 11 is 5.28. The van der Waals surface area contributed by atoms with Crippen molar-refractivity contribution in [3.63, 3.8) is 0 Å². The first-order valence-electron chi connectivity index (χ1n) is 7.44. The Kier molecular flexibility index (Phi) is 6.75. The summed E-state index contributed by atoms with van der Waals surface area (Å²) in [5.74, 6) is 0. The number of hydrogen-bond donors (Lipinski definition) is 2. The molecule has 0 unspecified atom stereocenters. The van der Waals surface area contributed by atoms with Gasteiger partial charge in [-0.05, 0) is 42.6 Å². The largest absolute Gasteiger partial charge is 0.363 e. The Morgan fingerprint density at radius 2 is 1.24 bits per heavy atom. The normalized spacial score (nSPS) is 10.1. The van der Waals surface area contributed by atoms with Crippen molar-refractivity contribution in [1.82, 2.24) is 10.6 Å². The number of rotatable bonds is 7. The second kappa shape index (κ2) is 9.14. The van der Waals surface area contributed by atoms with E-state index in [4.69, 9.17) is 12.2 Å². The molecule has 3 heteroatoms. The molecule has 0 atom stereocenters. The van der Waals surface area contributed by atoms with E-state index in [0.29, 0.717) is 0 Å². The SMILES string of the molecule is S=C(NCCCc1ccccc1)NCCc1ccccc1. The summed E-state index contributed by atoms with van der Waals surface area (Å²) in [6, 6.07) is 21.0. The fourth-order valence-corrected chi connectivity index (χ4v) is 2.37. The third-order valence-corrected chi connectivity index (χ3v) is 3.60. The Balaban J connectivity index is 1.54. The van der Waals surface area contributed by atoms with Crippen LogP contribution in [0.15, 0.2) is 60.7 Å². The average molecular weight is 298 g/mol. The highest BCUT2D eigenvalue weighted by atomic mass is 32.1. The molecule has 0 heterocycles. The molecule has 0 bridgehead atoms. The van der Waals surface area contributed by atoms with E-state index in [1.165, 1.54) is 11.1 Å². The monoisotopic (exact) mass is 298 g/mol. The summed E-state index contributed by atoms with van der Waals surface area (Å²) in [5.41, 5.74) is 2.71. The lowest BCUT2D eigenvalue weighted by atomic mass is 10.1. The molecule has 2 aromatic carbocycles. The smallest absolute Gasteiger partial charge is 0.166 e. The maximum absolute atomic E-state index is 5.28. The highest BCUT2D eigenvalue weighted by Crippen LogP contribution is 2.01. The van der Waals surface area contributed by atoms with Gasteiger partial charge in [0.1, 0.15) is 0 Å². The van der Waals surface area contributed by atoms with Gasteiger partial charge in [0.25, 0.3) is 0 Å². The van der Waals surface area contributed by atoms with E-state index in [1.54, 1.807) is 0 Å². The van der Waals surface area contributed by atoms with Crippen molar-refractivity contribution >= 4 is 17.3 Å². The highest BCUT2D eigenvalue weighted by Gasteiger charge is 1.96. The summed E-state index contributed by atoms with van der Waals surface area (Å²) in [6.45, 7) is 1.78.